The minimum absolute atomic E-state index is 0.0521. The fourth-order valence-corrected chi connectivity index (χ4v) is 5.06. The molecule has 146 valence electrons. The predicted molar refractivity (Wildman–Crippen MR) is 104 cm³/mol. The summed E-state index contributed by atoms with van der Waals surface area (Å²) in [5, 5.41) is 0. The van der Waals surface area contributed by atoms with Gasteiger partial charge in [-0.15, -0.1) is 0 Å². The van der Waals surface area contributed by atoms with Gasteiger partial charge in [0.2, 0.25) is 0 Å². The highest BCUT2D eigenvalue weighted by molar-refractivity contribution is 7.91. The molecule has 1 unspecified atom stereocenters. The molecule has 0 bridgehead atoms. The summed E-state index contributed by atoms with van der Waals surface area (Å²) in [6.45, 7) is 8.78. The highest BCUT2D eigenvalue weighted by Gasteiger charge is 2.34. The maximum absolute atomic E-state index is 12.8. The van der Waals surface area contributed by atoms with Gasteiger partial charge < -0.3 is 9.64 Å². The van der Waals surface area contributed by atoms with E-state index in [0.29, 0.717) is 18.9 Å². The zero-order chi connectivity index (χ0) is 19.3. The van der Waals surface area contributed by atoms with Gasteiger partial charge in [-0.05, 0) is 42.9 Å². The second kappa shape index (κ2) is 8.89. The Morgan fingerprint density at radius 1 is 1.35 bits per heavy atom. The Hall–Kier alpha value is -1.56. The molecule has 1 amide bonds. The Morgan fingerprint density at radius 2 is 2.08 bits per heavy atom. The van der Waals surface area contributed by atoms with Crippen LogP contribution in [0, 0.1) is 6.92 Å². The smallest absolute Gasteiger partial charge is 0.260 e. The van der Waals surface area contributed by atoms with E-state index in [9.17, 15) is 13.2 Å². The number of carbonyl (C=O) groups excluding carboxylic acids is 1. The molecular formula is C20H31NO4S. The van der Waals surface area contributed by atoms with Gasteiger partial charge in [0.15, 0.2) is 16.4 Å². The maximum Gasteiger partial charge on any atom is 0.260 e. The van der Waals surface area contributed by atoms with Gasteiger partial charge in [0, 0.05) is 12.6 Å². The third-order valence-electron chi connectivity index (χ3n) is 4.86. The van der Waals surface area contributed by atoms with E-state index in [-0.39, 0.29) is 30.1 Å². The Kier molecular flexibility index (Phi) is 7.09. The summed E-state index contributed by atoms with van der Waals surface area (Å²) in [6.07, 6.45) is 2.35. The molecule has 0 spiro atoms. The number of ether oxygens (including phenoxy) is 1. The quantitative estimate of drug-likeness (QED) is 0.693. The summed E-state index contributed by atoms with van der Waals surface area (Å²) in [5.41, 5.74) is 2.16. The van der Waals surface area contributed by atoms with Crippen LogP contribution in [0.15, 0.2) is 18.2 Å². The molecule has 0 saturated carbocycles. The van der Waals surface area contributed by atoms with Crippen LogP contribution in [-0.4, -0.2) is 49.9 Å². The third-order valence-corrected chi connectivity index (χ3v) is 6.61. The number of rotatable bonds is 8. The van der Waals surface area contributed by atoms with Gasteiger partial charge in [0.25, 0.3) is 5.91 Å². The van der Waals surface area contributed by atoms with Crippen LogP contribution in [0.5, 0.6) is 5.75 Å². The zero-order valence-corrected chi connectivity index (χ0v) is 17.1. The predicted octanol–water partition coefficient (Wildman–Crippen LogP) is 3.31. The number of benzene rings is 1. The van der Waals surface area contributed by atoms with Gasteiger partial charge in [0.05, 0.1) is 11.5 Å². The van der Waals surface area contributed by atoms with Crippen LogP contribution in [0.4, 0.5) is 0 Å². The van der Waals surface area contributed by atoms with E-state index < -0.39 is 9.84 Å². The van der Waals surface area contributed by atoms with Crippen molar-refractivity contribution in [3.05, 3.63) is 29.3 Å². The number of sulfone groups is 1. The topological polar surface area (TPSA) is 63.7 Å². The minimum atomic E-state index is -3.02. The van der Waals surface area contributed by atoms with Gasteiger partial charge in [-0.1, -0.05) is 39.3 Å². The summed E-state index contributed by atoms with van der Waals surface area (Å²) < 4.78 is 29.5. The Labute approximate surface area is 157 Å². The van der Waals surface area contributed by atoms with Crippen molar-refractivity contribution in [2.24, 2.45) is 0 Å². The molecule has 1 aliphatic heterocycles. The van der Waals surface area contributed by atoms with Crippen LogP contribution >= 0.6 is 0 Å². The molecule has 1 aliphatic rings. The molecule has 1 aromatic carbocycles. The van der Waals surface area contributed by atoms with E-state index in [1.807, 2.05) is 25.1 Å². The number of amides is 1. The van der Waals surface area contributed by atoms with E-state index in [1.165, 1.54) is 0 Å². The summed E-state index contributed by atoms with van der Waals surface area (Å²) in [4.78, 5) is 14.5. The molecule has 1 atom stereocenters. The van der Waals surface area contributed by atoms with Crippen LogP contribution in [0.1, 0.15) is 57.1 Å². The first-order valence-corrected chi connectivity index (χ1v) is 11.3. The second-order valence-electron chi connectivity index (χ2n) is 7.48. The van der Waals surface area contributed by atoms with Crippen LogP contribution in [0.2, 0.25) is 0 Å². The summed E-state index contributed by atoms with van der Waals surface area (Å²) >= 11 is 0. The number of aryl methyl sites for hydroxylation is 1. The molecule has 26 heavy (non-hydrogen) atoms. The lowest BCUT2D eigenvalue weighted by molar-refractivity contribution is -0.135. The first-order chi connectivity index (χ1) is 12.2. The number of unbranched alkanes of at least 4 members (excludes halogenated alkanes) is 1. The van der Waals surface area contributed by atoms with E-state index in [2.05, 4.69) is 20.8 Å². The van der Waals surface area contributed by atoms with Gasteiger partial charge in [-0.2, -0.15) is 0 Å². The van der Waals surface area contributed by atoms with E-state index in [0.717, 1.165) is 29.7 Å². The molecule has 6 heteroatoms. The number of nitrogens with zero attached hydrogens (tertiary/aromatic N) is 1. The van der Waals surface area contributed by atoms with Gasteiger partial charge >= 0.3 is 0 Å². The summed E-state index contributed by atoms with van der Waals surface area (Å²) in [7, 11) is -3.02. The Balaban J connectivity index is 2.09. The molecule has 0 aliphatic carbocycles. The van der Waals surface area contributed by atoms with Crippen LogP contribution in [-0.2, 0) is 14.6 Å². The van der Waals surface area contributed by atoms with Crippen molar-refractivity contribution < 1.29 is 17.9 Å². The monoisotopic (exact) mass is 381 g/mol. The Morgan fingerprint density at radius 3 is 2.65 bits per heavy atom. The van der Waals surface area contributed by atoms with E-state index in [4.69, 9.17) is 4.74 Å². The van der Waals surface area contributed by atoms with Crippen LogP contribution in [0.25, 0.3) is 0 Å². The van der Waals surface area contributed by atoms with Crippen molar-refractivity contribution in [2.75, 3.05) is 24.7 Å². The highest BCUT2D eigenvalue weighted by Crippen LogP contribution is 2.27. The molecule has 0 aromatic heterocycles. The third kappa shape index (κ3) is 5.47. The Bertz CT molecular complexity index is 727. The normalized spacial score (nSPS) is 18.9. The van der Waals surface area contributed by atoms with Crippen molar-refractivity contribution in [3.63, 3.8) is 0 Å². The molecule has 5 nitrogen and oxygen atoms in total. The minimum Gasteiger partial charge on any atom is -0.483 e. The van der Waals surface area contributed by atoms with E-state index in [1.54, 1.807) is 4.90 Å². The fourth-order valence-electron chi connectivity index (χ4n) is 3.33. The van der Waals surface area contributed by atoms with Crippen LogP contribution in [0.3, 0.4) is 0 Å². The highest BCUT2D eigenvalue weighted by atomic mass is 32.2. The maximum atomic E-state index is 12.8. The van der Waals surface area contributed by atoms with Gasteiger partial charge in [0.1, 0.15) is 5.75 Å². The lowest BCUT2D eigenvalue weighted by Crippen LogP contribution is -2.44. The van der Waals surface area contributed by atoms with Crippen molar-refractivity contribution in [1.29, 1.82) is 0 Å². The van der Waals surface area contributed by atoms with Gasteiger partial charge in [-0.25, -0.2) is 8.42 Å². The first kappa shape index (κ1) is 20.7. The number of hydrogen-bond donors (Lipinski definition) is 0. The average Bonchev–Trinajstić information content (AvgIpc) is 2.92. The van der Waals surface area contributed by atoms with Crippen molar-refractivity contribution in [2.45, 2.75) is 58.9 Å². The molecule has 1 heterocycles. The van der Waals surface area contributed by atoms with E-state index >= 15 is 0 Å². The molecule has 1 aromatic rings. The molecule has 0 radical (unpaired) electrons. The fraction of sp³-hybridized carbons (Fsp3) is 0.650. The standard InChI is InChI=1S/C20H31NO4S/c1-5-6-10-21(17-9-11-26(23,24)14-17)20(22)13-25-19-12-16(4)7-8-18(19)15(2)3/h7-8,12,15,17H,5-6,9-11,13-14H2,1-4H3. The van der Waals surface area contributed by atoms with Crippen LogP contribution < -0.4 is 4.74 Å². The molecule has 1 fully saturated rings. The second-order valence-corrected chi connectivity index (χ2v) is 9.71. The number of hydrogen-bond acceptors (Lipinski definition) is 4. The molecule has 1 saturated heterocycles. The lowest BCUT2D eigenvalue weighted by Gasteiger charge is -2.28. The summed E-state index contributed by atoms with van der Waals surface area (Å²) in [6, 6.07) is 5.82. The SMILES string of the molecule is CCCCN(C(=O)COc1cc(C)ccc1C(C)C)C1CCS(=O)(=O)C1. The molecule has 2 rings (SSSR count). The van der Waals surface area contributed by atoms with Crippen molar-refractivity contribution in [1.82, 2.24) is 4.90 Å². The average molecular weight is 382 g/mol. The molecular weight excluding hydrogens is 350 g/mol. The lowest BCUT2D eigenvalue weighted by atomic mass is 10.0. The molecule has 0 N–H and O–H groups in total. The summed E-state index contributed by atoms with van der Waals surface area (Å²) in [5.74, 6) is 1.16. The first-order valence-electron chi connectivity index (χ1n) is 9.46. The zero-order valence-electron chi connectivity index (χ0n) is 16.3. The van der Waals surface area contributed by atoms with Crippen molar-refractivity contribution >= 4 is 15.7 Å². The van der Waals surface area contributed by atoms with Crippen molar-refractivity contribution in [3.8, 4) is 5.75 Å². The largest absolute Gasteiger partial charge is 0.483 e. The number of carbonyl (C=O) groups is 1. The van der Waals surface area contributed by atoms with Gasteiger partial charge in [-0.3, -0.25) is 4.79 Å².